The Hall–Kier alpha value is -2.17. The first-order valence-corrected chi connectivity index (χ1v) is 9.34. The summed E-state index contributed by atoms with van der Waals surface area (Å²) >= 11 is 0. The molecule has 0 amide bonds. The monoisotopic (exact) mass is 351 g/mol. The van der Waals surface area contributed by atoms with Gasteiger partial charge in [0.2, 0.25) is 5.60 Å². The zero-order valence-corrected chi connectivity index (χ0v) is 15.0. The second-order valence-corrected chi connectivity index (χ2v) is 7.73. The summed E-state index contributed by atoms with van der Waals surface area (Å²) in [6.07, 6.45) is 4.71. The van der Waals surface area contributed by atoms with Gasteiger partial charge < -0.3 is 15.1 Å². The second-order valence-electron chi connectivity index (χ2n) is 7.73. The summed E-state index contributed by atoms with van der Waals surface area (Å²) in [5.41, 5.74) is -0.0713. The predicted octanol–water partition coefficient (Wildman–Crippen LogP) is 3.35. The largest absolute Gasteiger partial charge is 0.479 e. The molecule has 0 spiro atoms. The van der Waals surface area contributed by atoms with Crippen molar-refractivity contribution in [3.63, 3.8) is 0 Å². The molecule has 2 aliphatic heterocycles. The molecule has 4 rings (SSSR count). The smallest absolute Gasteiger partial charge is 0.345 e. The molecule has 2 heterocycles. The van der Waals surface area contributed by atoms with Crippen LogP contribution in [-0.4, -0.2) is 40.2 Å². The number of carbonyl (C=O) groups is 1. The van der Waals surface area contributed by atoms with E-state index in [2.05, 4.69) is 18.0 Å². The van der Waals surface area contributed by atoms with Crippen molar-refractivity contribution < 1.29 is 15.0 Å². The number of hydrogen-bond acceptors (Lipinski definition) is 3. The van der Waals surface area contributed by atoms with Gasteiger partial charge in [-0.25, -0.2) is 4.79 Å². The molecule has 2 aromatic rings. The summed E-state index contributed by atoms with van der Waals surface area (Å²) < 4.78 is 0. The molecule has 0 aromatic heterocycles. The number of aliphatic hydroxyl groups is 1. The summed E-state index contributed by atoms with van der Waals surface area (Å²) in [5, 5.41) is 20.9. The van der Waals surface area contributed by atoms with Gasteiger partial charge in [0.15, 0.2) is 0 Å². The molecule has 4 heteroatoms. The van der Waals surface area contributed by atoms with Crippen molar-refractivity contribution in [2.45, 2.75) is 49.3 Å². The lowest BCUT2D eigenvalue weighted by Crippen LogP contribution is -2.39. The molecule has 0 saturated carbocycles. The van der Waals surface area contributed by atoms with Crippen molar-refractivity contribution in [3.8, 4) is 0 Å². The lowest BCUT2D eigenvalue weighted by atomic mass is 9.81. The van der Waals surface area contributed by atoms with Crippen LogP contribution in [0, 0.1) is 0 Å². The van der Waals surface area contributed by atoms with Gasteiger partial charge in [-0.3, -0.25) is 0 Å². The molecule has 2 aromatic carbocycles. The third kappa shape index (κ3) is 2.74. The average molecular weight is 351 g/mol. The van der Waals surface area contributed by atoms with E-state index in [0.29, 0.717) is 29.1 Å². The highest BCUT2D eigenvalue weighted by Crippen LogP contribution is 2.43. The summed E-state index contributed by atoms with van der Waals surface area (Å²) in [5.74, 6) is -0.818. The average Bonchev–Trinajstić information content (AvgIpc) is 2.87. The molecule has 2 N–H and O–H groups in total. The van der Waals surface area contributed by atoms with Crippen LogP contribution in [0.5, 0.6) is 0 Å². The van der Waals surface area contributed by atoms with Gasteiger partial charge in [-0.2, -0.15) is 0 Å². The molecule has 2 saturated heterocycles. The van der Waals surface area contributed by atoms with Crippen molar-refractivity contribution in [2.24, 2.45) is 0 Å². The minimum Gasteiger partial charge on any atom is -0.479 e. The summed E-state index contributed by atoms with van der Waals surface area (Å²) in [7, 11) is 2.22. The summed E-state index contributed by atoms with van der Waals surface area (Å²) in [4.78, 5) is 14.5. The maximum Gasteiger partial charge on any atom is 0.345 e. The molecular weight excluding hydrogens is 326 g/mol. The van der Waals surface area contributed by atoms with E-state index in [1.54, 1.807) is 30.3 Å². The predicted molar refractivity (Wildman–Crippen MR) is 100 cm³/mol. The molecule has 136 valence electrons. The molecule has 0 unspecified atom stereocenters. The van der Waals surface area contributed by atoms with Gasteiger partial charge in [-0.15, -0.1) is 0 Å². The standard InChI is InChI=1S/C22H25NO3/c1-23-19-10-11-20(23)14-16(13-19)15-6-5-9-18(12-15)22(26,21(24)25)17-7-3-2-4-8-17/h2-9,12,16,19-20,26H,10-11,13-14H2,1H3,(H,24,25)/t19-,20-,22-/m1/s1. The van der Waals surface area contributed by atoms with E-state index >= 15 is 0 Å². The zero-order valence-electron chi connectivity index (χ0n) is 15.0. The Kier molecular flexibility index (Phi) is 4.33. The molecule has 0 aliphatic carbocycles. The van der Waals surface area contributed by atoms with E-state index in [9.17, 15) is 15.0 Å². The van der Waals surface area contributed by atoms with Crippen molar-refractivity contribution in [1.82, 2.24) is 4.90 Å². The number of rotatable bonds is 4. The summed E-state index contributed by atoms with van der Waals surface area (Å²) in [6.45, 7) is 0. The quantitative estimate of drug-likeness (QED) is 0.887. The lowest BCUT2D eigenvalue weighted by molar-refractivity contribution is -0.155. The molecule has 2 bridgehead atoms. The van der Waals surface area contributed by atoms with Crippen molar-refractivity contribution in [3.05, 3.63) is 71.3 Å². The molecule has 3 atom stereocenters. The Balaban J connectivity index is 1.70. The van der Waals surface area contributed by atoms with E-state index in [0.717, 1.165) is 18.4 Å². The number of nitrogens with zero attached hydrogens (tertiary/aromatic N) is 1. The van der Waals surface area contributed by atoms with Crippen LogP contribution < -0.4 is 0 Å². The first-order valence-electron chi connectivity index (χ1n) is 9.34. The third-order valence-corrected chi connectivity index (χ3v) is 6.38. The third-order valence-electron chi connectivity index (χ3n) is 6.38. The van der Waals surface area contributed by atoms with E-state index in [-0.39, 0.29) is 0 Å². The number of aliphatic carboxylic acids is 1. The van der Waals surface area contributed by atoms with Crippen LogP contribution in [0.1, 0.15) is 48.3 Å². The van der Waals surface area contributed by atoms with Crippen LogP contribution in [0.15, 0.2) is 54.6 Å². The number of fused-ring (bicyclic) bond motifs is 2. The lowest BCUT2D eigenvalue weighted by Gasteiger charge is -2.37. The van der Waals surface area contributed by atoms with Crippen LogP contribution in [0.2, 0.25) is 0 Å². The number of benzene rings is 2. The van der Waals surface area contributed by atoms with Crippen LogP contribution in [0.4, 0.5) is 0 Å². The van der Waals surface area contributed by atoms with Gasteiger partial charge in [0.25, 0.3) is 0 Å². The van der Waals surface area contributed by atoms with E-state index in [1.807, 2.05) is 18.2 Å². The number of carboxylic acids is 1. The zero-order chi connectivity index (χ0) is 18.3. The van der Waals surface area contributed by atoms with E-state index in [1.165, 1.54) is 12.8 Å². The number of carboxylic acid groups (broad SMARTS) is 1. The van der Waals surface area contributed by atoms with Gasteiger partial charge in [-0.05, 0) is 55.3 Å². The van der Waals surface area contributed by atoms with Gasteiger partial charge in [-0.1, -0.05) is 54.6 Å². The van der Waals surface area contributed by atoms with Crippen LogP contribution in [0.25, 0.3) is 0 Å². The van der Waals surface area contributed by atoms with Gasteiger partial charge in [0.05, 0.1) is 0 Å². The summed E-state index contributed by atoms with van der Waals surface area (Å²) in [6, 6.07) is 17.5. The minimum absolute atomic E-state index is 0.382. The van der Waals surface area contributed by atoms with Crippen molar-refractivity contribution >= 4 is 5.97 Å². The fraction of sp³-hybridized carbons (Fsp3) is 0.409. The van der Waals surface area contributed by atoms with Gasteiger partial charge in [0.1, 0.15) is 0 Å². The molecular formula is C22H25NO3. The van der Waals surface area contributed by atoms with Crippen molar-refractivity contribution in [1.29, 1.82) is 0 Å². The maximum atomic E-state index is 12.0. The Labute approximate surface area is 154 Å². The SMILES string of the molecule is CN1[C@@H]2CC[C@@H]1CC(c1cccc([C@@](O)(C(=O)O)c3ccccc3)c1)C2. The maximum absolute atomic E-state index is 12.0. The second kappa shape index (κ2) is 6.53. The Morgan fingerprint density at radius 2 is 1.62 bits per heavy atom. The highest BCUT2D eigenvalue weighted by molar-refractivity contribution is 5.83. The van der Waals surface area contributed by atoms with E-state index in [4.69, 9.17) is 0 Å². The molecule has 0 radical (unpaired) electrons. The van der Waals surface area contributed by atoms with Gasteiger partial charge >= 0.3 is 5.97 Å². The Morgan fingerprint density at radius 3 is 2.23 bits per heavy atom. The molecule has 2 aliphatic rings. The van der Waals surface area contributed by atoms with E-state index < -0.39 is 11.6 Å². The first-order chi connectivity index (χ1) is 12.5. The van der Waals surface area contributed by atoms with Crippen molar-refractivity contribution in [2.75, 3.05) is 7.05 Å². The van der Waals surface area contributed by atoms with Crippen LogP contribution in [-0.2, 0) is 10.4 Å². The fourth-order valence-corrected chi connectivity index (χ4v) is 4.79. The minimum atomic E-state index is -2.03. The first kappa shape index (κ1) is 17.3. The number of hydrogen-bond donors (Lipinski definition) is 2. The highest BCUT2D eigenvalue weighted by atomic mass is 16.4. The fourth-order valence-electron chi connectivity index (χ4n) is 4.79. The Bertz CT molecular complexity index is 792. The topological polar surface area (TPSA) is 60.8 Å². The van der Waals surface area contributed by atoms with Crippen LogP contribution in [0.3, 0.4) is 0 Å². The molecule has 2 fully saturated rings. The Morgan fingerprint density at radius 1 is 1.00 bits per heavy atom. The van der Waals surface area contributed by atoms with Gasteiger partial charge in [0, 0.05) is 12.1 Å². The van der Waals surface area contributed by atoms with Crippen LogP contribution >= 0.6 is 0 Å². The highest BCUT2D eigenvalue weighted by Gasteiger charge is 2.42. The molecule has 26 heavy (non-hydrogen) atoms. The number of piperidine rings is 1. The molecule has 4 nitrogen and oxygen atoms in total. The normalized spacial score (nSPS) is 27.8.